The highest BCUT2D eigenvalue weighted by atomic mass is 32.2. The number of hydrogen-bond donors (Lipinski definition) is 0. The Labute approximate surface area is 138 Å². The van der Waals surface area contributed by atoms with Crippen LogP contribution >= 0.6 is 0 Å². The molecular formula is C18H25NO3S. The van der Waals surface area contributed by atoms with E-state index in [1.807, 2.05) is 11.0 Å². The van der Waals surface area contributed by atoms with E-state index < -0.39 is 15.1 Å². The van der Waals surface area contributed by atoms with Crippen LogP contribution in [-0.2, 0) is 14.6 Å². The normalized spacial score (nSPS) is 26.4. The smallest absolute Gasteiger partial charge is 0.225 e. The average molecular weight is 335 g/mol. The fourth-order valence-corrected chi connectivity index (χ4v) is 5.59. The van der Waals surface area contributed by atoms with Crippen LogP contribution in [-0.4, -0.2) is 37.6 Å². The molecule has 2 atom stereocenters. The van der Waals surface area contributed by atoms with Gasteiger partial charge in [-0.1, -0.05) is 25.1 Å². The molecule has 2 aliphatic rings. The van der Waals surface area contributed by atoms with Crippen molar-refractivity contribution in [1.29, 1.82) is 0 Å². The zero-order valence-corrected chi connectivity index (χ0v) is 14.5. The van der Waals surface area contributed by atoms with Gasteiger partial charge in [0, 0.05) is 19.0 Å². The van der Waals surface area contributed by atoms with Gasteiger partial charge < -0.3 is 4.90 Å². The van der Waals surface area contributed by atoms with Gasteiger partial charge >= 0.3 is 0 Å². The van der Waals surface area contributed by atoms with Gasteiger partial charge in [-0.05, 0) is 50.2 Å². The molecule has 5 heteroatoms. The van der Waals surface area contributed by atoms with E-state index in [1.54, 1.807) is 24.3 Å². The van der Waals surface area contributed by atoms with E-state index in [9.17, 15) is 13.2 Å². The Morgan fingerprint density at radius 2 is 1.70 bits per heavy atom. The number of amides is 1. The van der Waals surface area contributed by atoms with E-state index in [4.69, 9.17) is 0 Å². The van der Waals surface area contributed by atoms with Crippen molar-refractivity contribution in [3.63, 3.8) is 0 Å². The van der Waals surface area contributed by atoms with Crippen LogP contribution in [0.1, 0.15) is 39.0 Å². The number of hydrogen-bond acceptors (Lipinski definition) is 3. The summed E-state index contributed by atoms with van der Waals surface area (Å²) in [6.07, 6.45) is 3.88. The van der Waals surface area contributed by atoms with Gasteiger partial charge in [0.05, 0.1) is 10.1 Å². The van der Waals surface area contributed by atoms with E-state index in [0.717, 1.165) is 25.9 Å². The number of nitrogens with zero attached hydrogens (tertiary/aromatic N) is 1. The zero-order valence-electron chi connectivity index (χ0n) is 13.6. The van der Waals surface area contributed by atoms with Crippen molar-refractivity contribution in [3.05, 3.63) is 30.3 Å². The first kappa shape index (κ1) is 16.5. The van der Waals surface area contributed by atoms with E-state index in [0.29, 0.717) is 30.1 Å². The lowest BCUT2D eigenvalue weighted by molar-refractivity contribution is -0.136. The highest BCUT2D eigenvalue weighted by molar-refractivity contribution is 7.92. The van der Waals surface area contributed by atoms with Crippen LogP contribution in [0.5, 0.6) is 0 Å². The molecule has 1 saturated heterocycles. The third kappa shape index (κ3) is 3.44. The Bertz CT molecular complexity index is 648. The molecule has 0 aromatic heterocycles. The summed E-state index contributed by atoms with van der Waals surface area (Å²) in [7, 11) is -3.32. The van der Waals surface area contributed by atoms with Crippen molar-refractivity contribution in [1.82, 2.24) is 4.90 Å². The lowest BCUT2D eigenvalue weighted by Gasteiger charge is -2.32. The molecule has 0 bridgehead atoms. The molecule has 1 heterocycles. The summed E-state index contributed by atoms with van der Waals surface area (Å²) in [5, 5.41) is -0.414. The molecule has 1 amide bonds. The summed E-state index contributed by atoms with van der Waals surface area (Å²) in [5.41, 5.74) is 0. The molecule has 1 aromatic rings. The van der Waals surface area contributed by atoms with Gasteiger partial charge in [-0.3, -0.25) is 4.79 Å². The SMILES string of the molecule is CC1CCN(C(=O)[C@@H]2CC[C@@H](S(=O)(=O)c3ccccc3)C2)CC1. The van der Waals surface area contributed by atoms with E-state index >= 15 is 0 Å². The zero-order chi connectivity index (χ0) is 16.4. The molecule has 4 nitrogen and oxygen atoms in total. The Kier molecular flexibility index (Phi) is 4.76. The summed E-state index contributed by atoms with van der Waals surface area (Å²) >= 11 is 0. The van der Waals surface area contributed by atoms with Crippen LogP contribution in [0.2, 0.25) is 0 Å². The third-order valence-corrected chi connectivity index (χ3v) is 7.57. The second-order valence-electron chi connectivity index (χ2n) is 7.00. The Morgan fingerprint density at radius 3 is 2.35 bits per heavy atom. The Morgan fingerprint density at radius 1 is 1.04 bits per heavy atom. The maximum absolute atomic E-state index is 12.7. The van der Waals surface area contributed by atoms with Crippen LogP contribution in [0.4, 0.5) is 0 Å². The summed E-state index contributed by atoms with van der Waals surface area (Å²) in [5.74, 6) is 0.739. The number of benzene rings is 1. The fourth-order valence-electron chi connectivity index (χ4n) is 3.74. The van der Waals surface area contributed by atoms with Crippen molar-refractivity contribution >= 4 is 15.7 Å². The van der Waals surface area contributed by atoms with Crippen LogP contribution in [0.25, 0.3) is 0 Å². The topological polar surface area (TPSA) is 54.5 Å². The first-order valence-electron chi connectivity index (χ1n) is 8.56. The second-order valence-corrected chi connectivity index (χ2v) is 9.23. The van der Waals surface area contributed by atoms with Crippen LogP contribution in [0.3, 0.4) is 0 Å². The molecule has 1 aromatic carbocycles. The first-order valence-corrected chi connectivity index (χ1v) is 10.1. The molecule has 1 saturated carbocycles. The minimum Gasteiger partial charge on any atom is -0.342 e. The van der Waals surface area contributed by atoms with Crippen molar-refractivity contribution < 1.29 is 13.2 Å². The molecule has 0 radical (unpaired) electrons. The molecule has 3 rings (SSSR count). The van der Waals surface area contributed by atoms with E-state index in [-0.39, 0.29) is 11.8 Å². The summed E-state index contributed by atoms with van der Waals surface area (Å²) in [4.78, 5) is 15.0. The first-order chi connectivity index (χ1) is 11.0. The molecule has 0 spiro atoms. The lowest BCUT2D eigenvalue weighted by atomic mass is 9.97. The number of sulfone groups is 1. The van der Waals surface area contributed by atoms with Crippen LogP contribution < -0.4 is 0 Å². The number of rotatable bonds is 3. The van der Waals surface area contributed by atoms with Gasteiger partial charge in [0.1, 0.15) is 0 Å². The van der Waals surface area contributed by atoms with Crippen LogP contribution in [0.15, 0.2) is 35.2 Å². The van der Waals surface area contributed by atoms with Gasteiger partial charge in [-0.2, -0.15) is 0 Å². The average Bonchev–Trinajstić information content (AvgIpc) is 3.06. The predicted molar refractivity (Wildman–Crippen MR) is 89.7 cm³/mol. The lowest BCUT2D eigenvalue weighted by Crippen LogP contribution is -2.41. The largest absolute Gasteiger partial charge is 0.342 e. The Hall–Kier alpha value is -1.36. The maximum atomic E-state index is 12.7. The minimum absolute atomic E-state index is 0.119. The molecule has 1 aliphatic heterocycles. The van der Waals surface area contributed by atoms with Crippen molar-refractivity contribution in [2.75, 3.05) is 13.1 Å². The number of likely N-dealkylation sites (tertiary alicyclic amines) is 1. The number of carbonyl (C=O) groups excluding carboxylic acids is 1. The highest BCUT2D eigenvalue weighted by Crippen LogP contribution is 2.35. The molecule has 23 heavy (non-hydrogen) atoms. The quantitative estimate of drug-likeness (QED) is 0.853. The molecule has 126 valence electrons. The van der Waals surface area contributed by atoms with Crippen molar-refractivity contribution in [2.24, 2.45) is 11.8 Å². The van der Waals surface area contributed by atoms with Gasteiger partial charge in [0.25, 0.3) is 0 Å². The predicted octanol–water partition coefficient (Wildman–Crippen LogP) is 2.89. The summed E-state index contributed by atoms with van der Waals surface area (Å²) < 4.78 is 25.4. The summed E-state index contributed by atoms with van der Waals surface area (Å²) in [6, 6.07) is 8.61. The molecular weight excluding hydrogens is 310 g/mol. The molecule has 0 N–H and O–H groups in total. The van der Waals surface area contributed by atoms with Crippen molar-refractivity contribution in [3.8, 4) is 0 Å². The molecule has 0 unspecified atom stereocenters. The minimum atomic E-state index is -3.32. The third-order valence-electron chi connectivity index (χ3n) is 5.34. The highest BCUT2D eigenvalue weighted by Gasteiger charge is 2.39. The fraction of sp³-hybridized carbons (Fsp3) is 0.611. The van der Waals surface area contributed by atoms with Gasteiger partial charge in [-0.25, -0.2) is 8.42 Å². The molecule has 1 aliphatic carbocycles. The molecule has 2 fully saturated rings. The maximum Gasteiger partial charge on any atom is 0.225 e. The number of piperidine rings is 1. The Balaban J connectivity index is 1.65. The van der Waals surface area contributed by atoms with Crippen LogP contribution in [0, 0.1) is 11.8 Å². The van der Waals surface area contributed by atoms with Gasteiger partial charge in [0.15, 0.2) is 9.84 Å². The van der Waals surface area contributed by atoms with Crippen molar-refractivity contribution in [2.45, 2.75) is 49.2 Å². The van der Waals surface area contributed by atoms with Gasteiger partial charge in [0.2, 0.25) is 5.91 Å². The monoisotopic (exact) mass is 335 g/mol. The standard InChI is InChI=1S/C18H25NO3S/c1-14-9-11-19(12-10-14)18(20)15-7-8-17(13-15)23(21,22)16-5-3-2-4-6-16/h2-6,14-15,17H,7-13H2,1H3/t15-,17-/m1/s1. The number of carbonyl (C=O) groups is 1. The van der Waals surface area contributed by atoms with E-state index in [1.165, 1.54) is 0 Å². The van der Waals surface area contributed by atoms with Gasteiger partial charge in [-0.15, -0.1) is 0 Å². The second kappa shape index (κ2) is 6.63. The van der Waals surface area contributed by atoms with E-state index in [2.05, 4.69) is 6.92 Å². The summed E-state index contributed by atoms with van der Waals surface area (Å²) in [6.45, 7) is 3.87.